The van der Waals surface area contributed by atoms with Gasteiger partial charge in [0, 0.05) is 23.6 Å². The summed E-state index contributed by atoms with van der Waals surface area (Å²) in [6, 6.07) is 14.1. The summed E-state index contributed by atoms with van der Waals surface area (Å²) in [4.78, 5) is 8.39. The molecule has 5 heteroatoms. The second kappa shape index (κ2) is 8.95. The molecule has 0 saturated carbocycles. The van der Waals surface area contributed by atoms with E-state index in [-0.39, 0.29) is 28.6 Å². The summed E-state index contributed by atoms with van der Waals surface area (Å²) in [6.07, 6.45) is 3.26. The number of aliphatic imine (C=N–C) groups is 2. The van der Waals surface area contributed by atoms with Crippen LogP contribution in [0.4, 0.5) is 0 Å². The van der Waals surface area contributed by atoms with Crippen LogP contribution in [0.5, 0.6) is 11.5 Å². The van der Waals surface area contributed by atoms with Gasteiger partial charge in [-0.15, -0.1) is 0 Å². The van der Waals surface area contributed by atoms with Crippen molar-refractivity contribution in [2.24, 2.45) is 9.98 Å². The van der Waals surface area contributed by atoms with Crippen molar-refractivity contribution in [1.29, 1.82) is 0 Å². The second-order valence-electron chi connectivity index (χ2n) is 4.19. The molecule has 0 aromatic heterocycles. The average molecular weight is 324 g/mol. The molecule has 0 amide bonds. The van der Waals surface area contributed by atoms with Crippen molar-refractivity contribution in [3.63, 3.8) is 0 Å². The Morgan fingerprint density at radius 3 is 1.48 bits per heavy atom. The first kappa shape index (κ1) is 17.0. The van der Waals surface area contributed by atoms with Gasteiger partial charge >= 0.3 is 17.1 Å². The molecule has 0 atom stereocenters. The third-order valence-electron chi connectivity index (χ3n) is 2.69. The number of aromatic hydroxyl groups is 2. The number of rotatable bonds is 5. The van der Waals surface area contributed by atoms with E-state index in [0.717, 1.165) is 0 Å². The quantitative estimate of drug-likeness (QED) is 0.504. The Morgan fingerprint density at radius 2 is 1.10 bits per heavy atom. The predicted molar refractivity (Wildman–Crippen MR) is 81.1 cm³/mol. The monoisotopic (exact) mass is 324 g/mol. The standard InChI is InChI=1S/C16H16N2O2.Fe/c19-15-7-3-1-5-13(15)11-17-9-10-18-12-14-6-2-4-8-16(14)20;/h1-8,11-12,19-20H,9-10H2;/q;+3. The van der Waals surface area contributed by atoms with Gasteiger partial charge in [0.05, 0.1) is 13.1 Å². The number of nitrogens with zero attached hydrogens (tertiary/aromatic N) is 2. The van der Waals surface area contributed by atoms with E-state index in [4.69, 9.17) is 0 Å². The summed E-state index contributed by atoms with van der Waals surface area (Å²) in [6.45, 7) is 1.05. The van der Waals surface area contributed by atoms with E-state index < -0.39 is 0 Å². The molecule has 2 aromatic carbocycles. The van der Waals surface area contributed by atoms with Crippen LogP contribution in [0.25, 0.3) is 0 Å². The molecule has 1 radical (unpaired) electrons. The van der Waals surface area contributed by atoms with Gasteiger partial charge in [0.15, 0.2) is 0 Å². The van der Waals surface area contributed by atoms with Gasteiger partial charge in [-0.1, -0.05) is 24.3 Å². The van der Waals surface area contributed by atoms with E-state index in [1.54, 1.807) is 48.8 Å². The smallest absolute Gasteiger partial charge is 0.507 e. The third-order valence-corrected chi connectivity index (χ3v) is 2.69. The largest absolute Gasteiger partial charge is 3.00 e. The molecule has 0 saturated heterocycles. The first-order chi connectivity index (χ1) is 9.77. The minimum atomic E-state index is 0. The van der Waals surface area contributed by atoms with Crippen LogP contribution in [0.15, 0.2) is 58.5 Å². The van der Waals surface area contributed by atoms with Crippen LogP contribution in [-0.4, -0.2) is 35.7 Å². The Balaban J connectivity index is 0.00000220. The molecule has 0 aliphatic heterocycles. The first-order valence-electron chi connectivity index (χ1n) is 6.33. The Bertz CT molecular complexity index is 572. The van der Waals surface area contributed by atoms with Crippen LogP contribution in [0, 0.1) is 0 Å². The Kier molecular flexibility index (Phi) is 7.22. The van der Waals surface area contributed by atoms with Crippen molar-refractivity contribution in [2.45, 2.75) is 0 Å². The summed E-state index contributed by atoms with van der Waals surface area (Å²) in [5.74, 6) is 0.433. The molecule has 0 spiro atoms. The number of para-hydroxylation sites is 2. The number of benzene rings is 2. The molecule has 2 rings (SSSR count). The van der Waals surface area contributed by atoms with E-state index in [0.29, 0.717) is 24.2 Å². The maximum Gasteiger partial charge on any atom is 3.00 e. The fourth-order valence-electron chi connectivity index (χ4n) is 1.63. The number of hydrogen-bond acceptors (Lipinski definition) is 4. The van der Waals surface area contributed by atoms with Crippen LogP contribution >= 0.6 is 0 Å². The number of phenols is 2. The van der Waals surface area contributed by atoms with Gasteiger partial charge in [0.25, 0.3) is 0 Å². The minimum absolute atomic E-state index is 0. The van der Waals surface area contributed by atoms with E-state index in [2.05, 4.69) is 9.98 Å². The molecule has 0 unspecified atom stereocenters. The summed E-state index contributed by atoms with van der Waals surface area (Å²) in [5.41, 5.74) is 1.38. The van der Waals surface area contributed by atoms with Crippen LogP contribution in [0.1, 0.15) is 11.1 Å². The van der Waals surface area contributed by atoms with Crippen molar-refractivity contribution in [2.75, 3.05) is 13.1 Å². The van der Waals surface area contributed by atoms with Crippen molar-refractivity contribution in [3.05, 3.63) is 59.7 Å². The summed E-state index contributed by atoms with van der Waals surface area (Å²) in [5, 5.41) is 19.1. The van der Waals surface area contributed by atoms with Crippen molar-refractivity contribution in [3.8, 4) is 11.5 Å². The van der Waals surface area contributed by atoms with Crippen LogP contribution in [-0.2, 0) is 17.1 Å². The van der Waals surface area contributed by atoms with E-state index >= 15 is 0 Å². The van der Waals surface area contributed by atoms with E-state index in [1.165, 1.54) is 0 Å². The normalized spacial score (nSPS) is 10.9. The van der Waals surface area contributed by atoms with E-state index in [1.807, 2.05) is 12.1 Å². The molecule has 0 bridgehead atoms. The fourth-order valence-corrected chi connectivity index (χ4v) is 1.63. The molecule has 0 fully saturated rings. The van der Waals surface area contributed by atoms with Crippen LogP contribution in [0.3, 0.4) is 0 Å². The van der Waals surface area contributed by atoms with Gasteiger partial charge in [-0.05, 0) is 24.3 Å². The molecule has 4 nitrogen and oxygen atoms in total. The Hall–Kier alpha value is -2.10. The SMILES string of the molecule is Oc1ccccc1C=NCCN=Cc1ccccc1O.[Fe+3]. The van der Waals surface area contributed by atoms with E-state index in [9.17, 15) is 10.2 Å². The maximum atomic E-state index is 9.54. The molecule has 107 valence electrons. The van der Waals surface area contributed by atoms with Crippen molar-refractivity contribution >= 4 is 12.4 Å². The number of phenolic OH excluding ortho intramolecular Hbond substituents is 2. The zero-order chi connectivity index (χ0) is 14.2. The zero-order valence-corrected chi connectivity index (χ0v) is 12.4. The Labute approximate surface area is 134 Å². The van der Waals surface area contributed by atoms with Crippen LogP contribution < -0.4 is 0 Å². The topological polar surface area (TPSA) is 65.2 Å². The molecule has 0 aliphatic carbocycles. The molecule has 2 aromatic rings. The molecule has 0 heterocycles. The number of hydrogen-bond donors (Lipinski definition) is 2. The van der Waals surface area contributed by atoms with Crippen LogP contribution in [0.2, 0.25) is 0 Å². The van der Waals surface area contributed by atoms with Gasteiger partial charge in [0.2, 0.25) is 0 Å². The molecule has 0 aliphatic rings. The minimum Gasteiger partial charge on any atom is -0.507 e. The summed E-state index contributed by atoms with van der Waals surface area (Å²) >= 11 is 0. The molecule has 21 heavy (non-hydrogen) atoms. The fraction of sp³-hybridized carbons (Fsp3) is 0.125. The zero-order valence-electron chi connectivity index (χ0n) is 11.3. The molecular formula is C16H16FeN2O2+3. The first-order valence-corrected chi connectivity index (χ1v) is 6.33. The van der Waals surface area contributed by atoms with Crippen molar-refractivity contribution in [1.82, 2.24) is 0 Å². The summed E-state index contributed by atoms with van der Waals surface area (Å²) in [7, 11) is 0. The maximum absolute atomic E-state index is 9.54. The van der Waals surface area contributed by atoms with Gasteiger partial charge in [-0.25, -0.2) is 0 Å². The Morgan fingerprint density at radius 1 is 0.714 bits per heavy atom. The van der Waals surface area contributed by atoms with Gasteiger partial charge < -0.3 is 10.2 Å². The molecular weight excluding hydrogens is 308 g/mol. The van der Waals surface area contributed by atoms with Gasteiger partial charge in [-0.3, -0.25) is 9.98 Å². The van der Waals surface area contributed by atoms with Gasteiger partial charge in [-0.2, -0.15) is 0 Å². The van der Waals surface area contributed by atoms with Crippen molar-refractivity contribution < 1.29 is 27.3 Å². The predicted octanol–water partition coefficient (Wildman–Crippen LogP) is 2.63. The van der Waals surface area contributed by atoms with Gasteiger partial charge in [0.1, 0.15) is 11.5 Å². The average Bonchev–Trinajstić information content (AvgIpc) is 2.46. The molecule has 2 N–H and O–H groups in total. The summed E-state index contributed by atoms with van der Waals surface area (Å²) < 4.78 is 0. The second-order valence-corrected chi connectivity index (χ2v) is 4.19. The third kappa shape index (κ3) is 5.42.